The summed E-state index contributed by atoms with van der Waals surface area (Å²) >= 11 is 5.80. The van der Waals surface area contributed by atoms with Crippen molar-refractivity contribution in [2.24, 2.45) is 0 Å². The summed E-state index contributed by atoms with van der Waals surface area (Å²) in [6, 6.07) is 10.1. The molecule has 1 unspecified atom stereocenters. The predicted molar refractivity (Wildman–Crippen MR) is 93.7 cm³/mol. The number of amides is 1. The van der Waals surface area contributed by atoms with Crippen LogP contribution in [0.2, 0.25) is 5.02 Å². The van der Waals surface area contributed by atoms with Crippen LogP contribution >= 0.6 is 11.6 Å². The average Bonchev–Trinajstić information content (AvgIpc) is 3.08. The molecule has 1 amide bonds. The highest BCUT2D eigenvalue weighted by molar-refractivity contribution is 6.30. The third-order valence-electron chi connectivity index (χ3n) is 3.94. The van der Waals surface area contributed by atoms with E-state index in [9.17, 15) is 22.4 Å². The number of benzene rings is 2. The van der Waals surface area contributed by atoms with Crippen molar-refractivity contribution in [2.45, 2.75) is 19.1 Å². The lowest BCUT2D eigenvalue weighted by Gasteiger charge is -2.15. The first-order valence-corrected chi connectivity index (χ1v) is 8.40. The fraction of sp³-hybridized carbons (Fsp3) is 0.167. The highest BCUT2D eigenvalue weighted by Crippen LogP contribution is 2.33. The highest BCUT2D eigenvalue weighted by Gasteiger charge is 2.42. The van der Waals surface area contributed by atoms with Gasteiger partial charge in [-0.1, -0.05) is 28.9 Å². The summed E-state index contributed by atoms with van der Waals surface area (Å²) in [5, 5.41) is 9.80. The van der Waals surface area contributed by atoms with Gasteiger partial charge < -0.3 is 5.32 Å². The van der Waals surface area contributed by atoms with Gasteiger partial charge in [-0.2, -0.15) is 13.2 Å². The summed E-state index contributed by atoms with van der Waals surface area (Å²) in [7, 11) is 0. The molecule has 0 aliphatic heterocycles. The normalized spacial score (nSPS) is 12.6. The number of hydrogen-bond donors (Lipinski definition) is 1. The van der Waals surface area contributed by atoms with Crippen LogP contribution < -0.4 is 5.32 Å². The zero-order valence-corrected chi connectivity index (χ0v) is 15.1. The number of nitrogens with one attached hydrogen (secondary N) is 1. The summed E-state index contributed by atoms with van der Waals surface area (Å²) in [5.41, 5.74) is -1.65. The van der Waals surface area contributed by atoms with Crippen LogP contribution in [0.3, 0.4) is 0 Å². The molecule has 0 aliphatic rings. The second-order valence-electron chi connectivity index (χ2n) is 5.92. The molecule has 5 nitrogen and oxygen atoms in total. The summed E-state index contributed by atoms with van der Waals surface area (Å²) in [6.45, 7) is 1.61. The average molecular weight is 413 g/mol. The summed E-state index contributed by atoms with van der Waals surface area (Å²) in [4.78, 5) is 12.4. The topological polar surface area (TPSA) is 59.8 Å². The first kappa shape index (κ1) is 19.8. The second kappa shape index (κ2) is 7.59. The van der Waals surface area contributed by atoms with E-state index in [4.69, 9.17) is 11.6 Å². The zero-order valence-electron chi connectivity index (χ0n) is 14.3. The predicted octanol–water partition coefficient (Wildman–Crippen LogP) is 4.57. The maximum atomic E-state index is 13.6. The van der Waals surface area contributed by atoms with Gasteiger partial charge in [0.1, 0.15) is 5.82 Å². The maximum absolute atomic E-state index is 13.6. The minimum absolute atomic E-state index is 0.0778. The van der Waals surface area contributed by atoms with Crippen molar-refractivity contribution < 1.29 is 22.4 Å². The zero-order chi connectivity index (χ0) is 20.5. The Bertz CT molecular complexity index is 984. The molecule has 1 atom stereocenters. The molecule has 3 aromatic rings. The van der Waals surface area contributed by atoms with Crippen LogP contribution in [-0.4, -0.2) is 20.9 Å². The Morgan fingerprint density at radius 3 is 2.29 bits per heavy atom. The lowest BCUT2D eigenvalue weighted by molar-refractivity contribution is -0.143. The van der Waals surface area contributed by atoms with Crippen LogP contribution in [0.1, 0.15) is 34.7 Å². The number of rotatable bonds is 4. The van der Waals surface area contributed by atoms with Crippen molar-refractivity contribution in [2.75, 3.05) is 0 Å². The Balaban J connectivity index is 1.93. The number of carbonyl (C=O) groups is 1. The van der Waals surface area contributed by atoms with Crippen molar-refractivity contribution in [3.05, 3.63) is 76.3 Å². The Morgan fingerprint density at radius 2 is 1.71 bits per heavy atom. The minimum Gasteiger partial charge on any atom is -0.344 e. The summed E-state index contributed by atoms with van der Waals surface area (Å²) in [5.74, 6) is -1.66. The molecule has 0 aliphatic carbocycles. The standard InChI is InChI=1S/C18H13ClF4N4O/c1-10(11-2-4-12(19)5-3-11)24-17(28)15-16(18(21,22)23)27(26-25-15)14-8-6-13(20)7-9-14/h2-10H,1H3,(H,24,28). The van der Waals surface area contributed by atoms with Crippen LogP contribution in [0.4, 0.5) is 17.6 Å². The van der Waals surface area contributed by atoms with Crippen molar-refractivity contribution in [3.63, 3.8) is 0 Å². The van der Waals surface area contributed by atoms with E-state index in [2.05, 4.69) is 15.6 Å². The van der Waals surface area contributed by atoms with E-state index in [-0.39, 0.29) is 5.69 Å². The van der Waals surface area contributed by atoms with E-state index in [0.717, 1.165) is 24.3 Å². The third kappa shape index (κ3) is 4.14. The van der Waals surface area contributed by atoms with Crippen LogP contribution in [0.15, 0.2) is 48.5 Å². The van der Waals surface area contributed by atoms with Crippen molar-refractivity contribution in [1.82, 2.24) is 20.3 Å². The van der Waals surface area contributed by atoms with Gasteiger partial charge in [-0.05, 0) is 48.9 Å². The molecule has 0 saturated heterocycles. The van der Waals surface area contributed by atoms with Gasteiger partial charge in [0.2, 0.25) is 0 Å². The SMILES string of the molecule is CC(NC(=O)c1nnn(-c2ccc(F)cc2)c1C(F)(F)F)c1ccc(Cl)cc1. The number of nitrogens with zero attached hydrogens (tertiary/aromatic N) is 3. The maximum Gasteiger partial charge on any atom is 0.435 e. The number of carbonyl (C=O) groups excluding carboxylic acids is 1. The number of hydrogen-bond acceptors (Lipinski definition) is 3. The van der Waals surface area contributed by atoms with E-state index in [1.807, 2.05) is 0 Å². The van der Waals surface area contributed by atoms with E-state index in [1.165, 1.54) is 0 Å². The van der Waals surface area contributed by atoms with E-state index < -0.39 is 35.3 Å². The fourth-order valence-corrected chi connectivity index (χ4v) is 2.68. The third-order valence-corrected chi connectivity index (χ3v) is 4.19. The quantitative estimate of drug-likeness (QED) is 0.639. The molecule has 3 rings (SSSR count). The molecule has 1 aromatic heterocycles. The van der Waals surface area contributed by atoms with Gasteiger partial charge in [0.25, 0.3) is 5.91 Å². The molecule has 0 radical (unpaired) electrons. The molecule has 0 bridgehead atoms. The molecule has 1 heterocycles. The summed E-state index contributed by atoms with van der Waals surface area (Å²) in [6.07, 6.45) is -4.91. The highest BCUT2D eigenvalue weighted by atomic mass is 35.5. The lowest BCUT2D eigenvalue weighted by atomic mass is 10.1. The first-order chi connectivity index (χ1) is 13.2. The molecular formula is C18H13ClF4N4O. The molecule has 10 heteroatoms. The van der Waals surface area contributed by atoms with Gasteiger partial charge in [0.05, 0.1) is 11.7 Å². The van der Waals surface area contributed by atoms with Gasteiger partial charge >= 0.3 is 6.18 Å². The largest absolute Gasteiger partial charge is 0.435 e. The Kier molecular flexibility index (Phi) is 5.37. The molecule has 146 valence electrons. The molecule has 1 N–H and O–H groups in total. The van der Waals surface area contributed by atoms with Crippen molar-refractivity contribution >= 4 is 17.5 Å². The van der Waals surface area contributed by atoms with Gasteiger partial charge in [0, 0.05) is 5.02 Å². The monoisotopic (exact) mass is 412 g/mol. The van der Waals surface area contributed by atoms with Crippen LogP contribution in [0.5, 0.6) is 0 Å². The smallest absolute Gasteiger partial charge is 0.344 e. The Morgan fingerprint density at radius 1 is 1.11 bits per heavy atom. The van der Waals surface area contributed by atoms with Crippen LogP contribution in [0.25, 0.3) is 5.69 Å². The molecule has 0 fully saturated rings. The van der Waals surface area contributed by atoms with Gasteiger partial charge in [-0.3, -0.25) is 4.79 Å². The van der Waals surface area contributed by atoms with Gasteiger partial charge in [-0.15, -0.1) is 5.10 Å². The van der Waals surface area contributed by atoms with Gasteiger partial charge in [0.15, 0.2) is 11.4 Å². The van der Waals surface area contributed by atoms with Crippen molar-refractivity contribution in [3.8, 4) is 5.69 Å². The number of alkyl halides is 3. The van der Waals surface area contributed by atoms with Crippen molar-refractivity contribution in [1.29, 1.82) is 0 Å². The first-order valence-electron chi connectivity index (χ1n) is 8.02. The molecule has 28 heavy (non-hydrogen) atoms. The van der Waals surface area contributed by atoms with Crippen LogP contribution in [-0.2, 0) is 6.18 Å². The van der Waals surface area contributed by atoms with Gasteiger partial charge in [-0.25, -0.2) is 9.07 Å². The Labute approximate surface area is 161 Å². The lowest BCUT2D eigenvalue weighted by Crippen LogP contribution is -2.29. The second-order valence-corrected chi connectivity index (χ2v) is 6.36. The molecule has 2 aromatic carbocycles. The summed E-state index contributed by atoms with van der Waals surface area (Å²) < 4.78 is 54.3. The number of halogens is 5. The van der Waals surface area contributed by atoms with Crippen LogP contribution in [0, 0.1) is 5.82 Å². The number of aromatic nitrogens is 3. The molecule has 0 spiro atoms. The Hall–Kier alpha value is -2.94. The minimum atomic E-state index is -4.91. The molecular weight excluding hydrogens is 400 g/mol. The van der Waals surface area contributed by atoms with E-state index in [1.54, 1.807) is 31.2 Å². The van der Waals surface area contributed by atoms with E-state index >= 15 is 0 Å². The molecule has 0 saturated carbocycles. The fourth-order valence-electron chi connectivity index (χ4n) is 2.55. The van der Waals surface area contributed by atoms with E-state index in [0.29, 0.717) is 15.3 Å².